The van der Waals surface area contributed by atoms with Gasteiger partial charge in [0.15, 0.2) is 12.0 Å². The van der Waals surface area contributed by atoms with Gasteiger partial charge < -0.3 is 15.0 Å². The van der Waals surface area contributed by atoms with E-state index in [-0.39, 0.29) is 36.3 Å². The van der Waals surface area contributed by atoms with Crippen LogP contribution in [0, 0.1) is 12.7 Å². The number of carbonyl (C=O) groups excluding carboxylic acids is 1. The van der Waals surface area contributed by atoms with E-state index in [4.69, 9.17) is 14.7 Å². The third kappa shape index (κ3) is 5.36. The summed E-state index contributed by atoms with van der Waals surface area (Å²) >= 11 is 0. The first-order valence-corrected chi connectivity index (χ1v) is 16.8. The van der Waals surface area contributed by atoms with E-state index in [9.17, 15) is 9.18 Å². The van der Waals surface area contributed by atoms with Gasteiger partial charge in [-0.05, 0) is 82.0 Å². The average molecular weight is 649 g/mol. The third-order valence-electron chi connectivity index (χ3n) is 10.7. The zero-order chi connectivity index (χ0) is 32.3. The van der Waals surface area contributed by atoms with Crippen LogP contribution in [0.25, 0.3) is 33.1 Å². The molecule has 10 nitrogen and oxygen atoms in total. The second kappa shape index (κ2) is 11.9. The van der Waals surface area contributed by atoms with Crippen LogP contribution in [0.5, 0.6) is 6.01 Å². The first-order valence-electron chi connectivity index (χ1n) is 16.8. The van der Waals surface area contributed by atoms with E-state index in [1.54, 1.807) is 12.4 Å². The van der Waals surface area contributed by atoms with Gasteiger partial charge in [0, 0.05) is 49.2 Å². The Balaban J connectivity index is 1.30. The van der Waals surface area contributed by atoms with E-state index in [1.165, 1.54) is 0 Å². The monoisotopic (exact) mass is 648 g/mol. The number of fused-ring (bicyclic) bond motifs is 8. The molecule has 1 amide bonds. The maximum Gasteiger partial charge on any atom is 0.319 e. The number of nitrogens with one attached hydrogen (secondary N) is 2. The van der Waals surface area contributed by atoms with Gasteiger partial charge in [0.25, 0.3) is 5.91 Å². The predicted molar refractivity (Wildman–Crippen MR) is 171 cm³/mol. The number of carbonyl (C=O) groups is 1. The topological polar surface area (TPSA) is 112 Å². The molecule has 4 atom stereocenters. The lowest BCUT2D eigenvalue weighted by Gasteiger charge is -2.31. The molecule has 248 valence electrons. The summed E-state index contributed by atoms with van der Waals surface area (Å²) in [5.41, 5.74) is 2.75. The first-order chi connectivity index (χ1) is 22.8. The number of aryl methyl sites for hydroxylation is 1. The molecule has 3 saturated heterocycles. The van der Waals surface area contributed by atoms with E-state index < -0.39 is 29.6 Å². The number of halogens is 3. The Morgan fingerprint density at radius 3 is 2.85 bits per heavy atom. The molecule has 3 fully saturated rings. The van der Waals surface area contributed by atoms with Crippen molar-refractivity contribution in [3.63, 3.8) is 0 Å². The summed E-state index contributed by atoms with van der Waals surface area (Å²) in [7, 11) is 0. The maximum atomic E-state index is 17.1. The number of H-pyrrole nitrogens is 1. The lowest BCUT2D eigenvalue weighted by molar-refractivity contribution is -0.126. The van der Waals surface area contributed by atoms with Crippen molar-refractivity contribution in [1.82, 2.24) is 35.4 Å². The molecular formula is C34H39F3N8O2. The van der Waals surface area contributed by atoms with Gasteiger partial charge in [-0.25, -0.2) is 13.2 Å². The molecule has 3 aromatic heterocycles. The molecule has 0 spiro atoms. The summed E-state index contributed by atoms with van der Waals surface area (Å²) < 4.78 is 53.2. The van der Waals surface area contributed by atoms with Gasteiger partial charge in [0.1, 0.15) is 29.8 Å². The highest BCUT2D eigenvalue weighted by Crippen LogP contribution is 2.42. The molecule has 13 heteroatoms. The van der Waals surface area contributed by atoms with Gasteiger partial charge in [-0.1, -0.05) is 0 Å². The number of aromatic nitrogens is 5. The number of nitrogens with zero attached hydrogens (tertiary/aromatic N) is 6. The van der Waals surface area contributed by atoms with Crippen LogP contribution >= 0.6 is 0 Å². The average Bonchev–Trinajstić information content (AvgIpc) is 3.69. The number of hydrogen-bond donors (Lipinski definition) is 2. The van der Waals surface area contributed by atoms with Crippen molar-refractivity contribution in [2.45, 2.75) is 88.6 Å². The number of alkyl halides is 2. The number of anilines is 1. The van der Waals surface area contributed by atoms with Crippen molar-refractivity contribution < 1.29 is 22.7 Å². The molecule has 6 bridgehead atoms. The molecule has 5 aliphatic rings. The SMILES string of the molecule is Cc1cc2[nH]ncc2c2c1CCCC(F)C(=O)N[C@@H]1CCCCN(C1)c1nc(OC[C@@]34CCCN3C[C@H](F)C4)nc3c(F)c-2ncc13. The van der Waals surface area contributed by atoms with Crippen LogP contribution in [0.4, 0.5) is 19.0 Å². The molecule has 4 aromatic rings. The Morgan fingerprint density at radius 2 is 1.96 bits per heavy atom. The van der Waals surface area contributed by atoms with Crippen LogP contribution < -0.4 is 15.0 Å². The molecule has 0 radical (unpaired) electrons. The van der Waals surface area contributed by atoms with E-state index in [1.807, 2.05) is 17.9 Å². The fourth-order valence-corrected chi connectivity index (χ4v) is 8.34. The van der Waals surface area contributed by atoms with E-state index >= 15 is 8.78 Å². The fourth-order valence-electron chi connectivity index (χ4n) is 8.34. The Labute approximate surface area is 270 Å². The molecule has 2 N–H and O–H groups in total. The molecule has 1 unspecified atom stereocenters. The standard InChI is InChI=1S/C34H39F3N8O2/c1-19-12-26-23(15-39-43-26)27-22(19)7-4-8-25(36)32(46)40-21-6-2-3-10-44(17-21)31-24-14-38-30(27)28(37)29(24)41-33(42-31)47-18-34-9-5-11-45(34)16-20(35)13-34/h12,14-15,20-21,25H,2-11,13,16-18H2,1H3,(H,39,43)(H,40,46)/t20-,21-,25?,34+/m1/s1. The Bertz CT molecular complexity index is 1850. The van der Waals surface area contributed by atoms with E-state index in [2.05, 4.69) is 25.4 Å². The van der Waals surface area contributed by atoms with E-state index in [0.717, 1.165) is 48.9 Å². The lowest BCUT2D eigenvalue weighted by atomic mass is 9.91. The summed E-state index contributed by atoms with van der Waals surface area (Å²) in [6, 6.07) is 1.64. The molecule has 0 saturated carbocycles. The Morgan fingerprint density at radius 1 is 1.06 bits per heavy atom. The Kier molecular flexibility index (Phi) is 7.69. The zero-order valence-corrected chi connectivity index (χ0v) is 26.5. The van der Waals surface area contributed by atoms with Crippen molar-refractivity contribution in [3.8, 4) is 17.3 Å². The Hall–Kier alpha value is -4.00. The summed E-state index contributed by atoms with van der Waals surface area (Å²) in [4.78, 5) is 31.4. The number of aromatic amines is 1. The largest absolute Gasteiger partial charge is 0.461 e. The van der Waals surface area contributed by atoms with Crippen LogP contribution in [0.1, 0.15) is 62.5 Å². The third-order valence-corrected chi connectivity index (χ3v) is 10.7. The minimum absolute atomic E-state index is 0.0137. The van der Waals surface area contributed by atoms with Crippen molar-refractivity contribution in [3.05, 3.63) is 35.4 Å². The van der Waals surface area contributed by atoms with Gasteiger partial charge in [-0.2, -0.15) is 15.1 Å². The second-order valence-corrected chi connectivity index (χ2v) is 13.8. The predicted octanol–water partition coefficient (Wildman–Crippen LogP) is 5.12. The quantitative estimate of drug-likeness (QED) is 0.315. The number of amides is 1. The number of ether oxygens (including phenoxy) is 1. The fraction of sp³-hybridized carbons (Fsp3) is 0.559. The molecule has 9 rings (SSSR count). The van der Waals surface area contributed by atoms with Gasteiger partial charge in [-0.3, -0.25) is 19.8 Å². The van der Waals surface area contributed by atoms with Crippen molar-refractivity contribution >= 4 is 33.5 Å². The zero-order valence-electron chi connectivity index (χ0n) is 26.5. The highest BCUT2D eigenvalue weighted by Gasteiger charge is 2.49. The van der Waals surface area contributed by atoms with Gasteiger partial charge in [-0.15, -0.1) is 0 Å². The van der Waals surface area contributed by atoms with Crippen LogP contribution in [0.2, 0.25) is 0 Å². The van der Waals surface area contributed by atoms with E-state index in [0.29, 0.717) is 67.5 Å². The minimum atomic E-state index is -1.66. The molecule has 1 aromatic carbocycles. The van der Waals surface area contributed by atoms with Crippen LogP contribution in [-0.2, 0) is 11.2 Å². The first kappa shape index (κ1) is 30.3. The number of pyridine rings is 1. The molecule has 0 aliphatic carbocycles. The van der Waals surface area contributed by atoms with Crippen molar-refractivity contribution in [1.29, 1.82) is 0 Å². The van der Waals surface area contributed by atoms with Crippen molar-refractivity contribution in [2.75, 3.05) is 37.7 Å². The normalized spacial score (nSPS) is 26.9. The van der Waals surface area contributed by atoms with Crippen LogP contribution in [0.3, 0.4) is 0 Å². The van der Waals surface area contributed by atoms with Crippen molar-refractivity contribution in [2.24, 2.45) is 0 Å². The summed E-state index contributed by atoms with van der Waals surface area (Å²) in [6.45, 7) is 4.30. The highest BCUT2D eigenvalue weighted by molar-refractivity contribution is 5.99. The highest BCUT2D eigenvalue weighted by atomic mass is 19.1. The number of rotatable bonds is 3. The molecular weight excluding hydrogens is 609 g/mol. The van der Waals surface area contributed by atoms with Gasteiger partial charge in [0.05, 0.1) is 22.6 Å². The molecule has 47 heavy (non-hydrogen) atoms. The summed E-state index contributed by atoms with van der Waals surface area (Å²) in [5.74, 6) is -0.769. The minimum Gasteiger partial charge on any atom is -0.461 e. The van der Waals surface area contributed by atoms with Gasteiger partial charge in [0.2, 0.25) is 0 Å². The van der Waals surface area contributed by atoms with Crippen LogP contribution in [0.15, 0.2) is 18.5 Å². The van der Waals surface area contributed by atoms with Gasteiger partial charge >= 0.3 is 6.01 Å². The lowest BCUT2D eigenvalue weighted by Crippen LogP contribution is -2.46. The maximum absolute atomic E-state index is 17.1. The molecule has 5 aliphatic heterocycles. The van der Waals surface area contributed by atoms with Crippen LogP contribution in [-0.4, -0.2) is 92.7 Å². The smallest absolute Gasteiger partial charge is 0.319 e. The molecule has 8 heterocycles. The number of hydrogen-bond acceptors (Lipinski definition) is 8. The summed E-state index contributed by atoms with van der Waals surface area (Å²) in [6.07, 6.45) is 6.04. The number of benzene rings is 1. The summed E-state index contributed by atoms with van der Waals surface area (Å²) in [5, 5.41) is 11.3. The second-order valence-electron chi connectivity index (χ2n) is 13.8.